The van der Waals surface area contributed by atoms with Gasteiger partial charge in [-0.15, -0.1) is 0 Å². The molecule has 0 aromatic heterocycles. The van der Waals surface area contributed by atoms with Crippen molar-refractivity contribution in [1.82, 2.24) is 0 Å². The highest BCUT2D eigenvalue weighted by molar-refractivity contribution is 6.28. The number of rotatable bonds is 6. The number of esters is 1. The van der Waals surface area contributed by atoms with Crippen molar-refractivity contribution in [1.29, 1.82) is 0 Å². The first-order valence-electron chi connectivity index (χ1n) is 8.83. The van der Waals surface area contributed by atoms with Crippen LogP contribution in [0.2, 0.25) is 0 Å². The minimum absolute atomic E-state index is 0.225. The van der Waals surface area contributed by atoms with Gasteiger partial charge >= 0.3 is 5.97 Å². The molecule has 1 atom stereocenters. The van der Waals surface area contributed by atoms with Gasteiger partial charge in [-0.3, -0.25) is 14.4 Å². The van der Waals surface area contributed by atoms with Gasteiger partial charge in [-0.2, -0.15) is 0 Å². The van der Waals surface area contributed by atoms with Gasteiger partial charge in [0.15, 0.2) is 17.7 Å². The third kappa shape index (κ3) is 3.84. The van der Waals surface area contributed by atoms with Gasteiger partial charge in [0.05, 0.1) is 0 Å². The lowest BCUT2D eigenvalue weighted by molar-refractivity contribution is -0.157. The Morgan fingerprint density at radius 1 is 0.964 bits per heavy atom. The highest BCUT2D eigenvalue weighted by atomic mass is 16.6. The minimum atomic E-state index is -1.04. The molecule has 0 radical (unpaired) electrons. The number of ether oxygens (including phenoxy) is 2. The highest BCUT2D eigenvalue weighted by Gasteiger charge is 2.29. The Bertz CT molecular complexity index is 965. The summed E-state index contributed by atoms with van der Waals surface area (Å²) >= 11 is 0. The summed E-state index contributed by atoms with van der Waals surface area (Å²) in [5.74, 6) is -1.72. The molecule has 0 saturated heterocycles. The van der Waals surface area contributed by atoms with Gasteiger partial charge in [-0.05, 0) is 32.0 Å². The fourth-order valence-corrected chi connectivity index (χ4v) is 2.89. The molecule has 0 spiro atoms. The largest absolute Gasteiger partial charge is 0.451 e. The summed E-state index contributed by atoms with van der Waals surface area (Å²) < 4.78 is 9.92. The number of ketones is 2. The van der Waals surface area contributed by atoms with E-state index < -0.39 is 18.0 Å². The number of hydrogen-bond donors (Lipinski definition) is 1. The van der Waals surface area contributed by atoms with Crippen molar-refractivity contribution in [2.24, 2.45) is 0 Å². The molecular formula is C21H19NO6. The summed E-state index contributed by atoms with van der Waals surface area (Å²) in [5, 5.41) is 2.59. The van der Waals surface area contributed by atoms with Crippen LogP contribution in [-0.4, -0.2) is 42.8 Å². The molecule has 0 heterocycles. The number of carbonyl (C=O) groups is 4. The predicted molar refractivity (Wildman–Crippen MR) is 100 cm³/mol. The molecule has 0 saturated carbocycles. The molecule has 0 bridgehead atoms. The predicted octanol–water partition coefficient (Wildman–Crippen LogP) is 2.37. The first-order valence-corrected chi connectivity index (χ1v) is 8.83. The number of amides is 1. The molecule has 0 fully saturated rings. The fraction of sp³-hybridized carbons (Fsp3) is 0.238. The lowest BCUT2D eigenvalue weighted by Crippen LogP contribution is -2.31. The lowest BCUT2D eigenvalue weighted by atomic mass is 9.84. The van der Waals surface area contributed by atoms with Crippen molar-refractivity contribution in [3.05, 3.63) is 64.7 Å². The number of carbonyl (C=O) groups excluding carboxylic acids is 4. The first kappa shape index (κ1) is 19.4. The van der Waals surface area contributed by atoms with Gasteiger partial charge in [0.25, 0.3) is 5.91 Å². The van der Waals surface area contributed by atoms with E-state index in [0.717, 1.165) is 0 Å². The molecule has 2 aromatic rings. The molecule has 7 nitrogen and oxygen atoms in total. The van der Waals surface area contributed by atoms with Crippen LogP contribution in [0.3, 0.4) is 0 Å². The summed E-state index contributed by atoms with van der Waals surface area (Å²) in [6.45, 7) is 3.30. The molecule has 144 valence electrons. The number of benzene rings is 2. The third-order valence-corrected chi connectivity index (χ3v) is 4.29. The van der Waals surface area contributed by atoms with Crippen LogP contribution in [0.5, 0.6) is 0 Å². The van der Waals surface area contributed by atoms with E-state index in [1.165, 1.54) is 25.1 Å². The summed E-state index contributed by atoms with van der Waals surface area (Å²) in [4.78, 5) is 49.1. The SMILES string of the molecule is CCOCC(=O)O[C@H](C)C(=O)Nc1ccc2c(c1)C(=O)c1ccccc1C2=O. The molecule has 0 unspecified atom stereocenters. The summed E-state index contributed by atoms with van der Waals surface area (Å²) in [7, 11) is 0. The van der Waals surface area contributed by atoms with E-state index in [1.54, 1.807) is 31.2 Å². The average molecular weight is 381 g/mol. The monoisotopic (exact) mass is 381 g/mol. The Morgan fingerprint density at radius 3 is 2.21 bits per heavy atom. The molecular weight excluding hydrogens is 362 g/mol. The van der Waals surface area contributed by atoms with E-state index in [2.05, 4.69) is 5.32 Å². The topological polar surface area (TPSA) is 98.8 Å². The van der Waals surface area contributed by atoms with E-state index in [9.17, 15) is 19.2 Å². The Labute approximate surface area is 161 Å². The Kier molecular flexibility index (Phi) is 5.65. The number of hydrogen-bond acceptors (Lipinski definition) is 6. The van der Waals surface area contributed by atoms with Crippen molar-refractivity contribution in [3.8, 4) is 0 Å². The van der Waals surface area contributed by atoms with E-state index in [-0.39, 0.29) is 29.3 Å². The van der Waals surface area contributed by atoms with Crippen LogP contribution in [0, 0.1) is 0 Å². The zero-order valence-corrected chi connectivity index (χ0v) is 15.5. The van der Waals surface area contributed by atoms with E-state index in [1.807, 2.05) is 0 Å². The van der Waals surface area contributed by atoms with Crippen molar-refractivity contribution in [2.75, 3.05) is 18.5 Å². The normalized spacial score (nSPS) is 13.4. The van der Waals surface area contributed by atoms with Crippen LogP contribution in [0.4, 0.5) is 5.69 Å². The summed E-state index contributed by atoms with van der Waals surface area (Å²) in [5.41, 5.74) is 1.55. The van der Waals surface area contributed by atoms with Crippen molar-refractivity contribution < 1.29 is 28.7 Å². The van der Waals surface area contributed by atoms with Gasteiger partial charge in [0.1, 0.15) is 6.61 Å². The number of nitrogens with one attached hydrogen (secondary N) is 1. The third-order valence-electron chi connectivity index (χ3n) is 4.29. The average Bonchev–Trinajstić information content (AvgIpc) is 2.70. The van der Waals surface area contributed by atoms with Gasteiger partial charge in [-0.25, -0.2) is 4.79 Å². The number of anilines is 1. The van der Waals surface area contributed by atoms with Gasteiger partial charge in [-0.1, -0.05) is 24.3 Å². The maximum absolute atomic E-state index is 12.7. The quantitative estimate of drug-likeness (QED) is 0.658. The molecule has 1 aliphatic rings. The molecule has 28 heavy (non-hydrogen) atoms. The van der Waals surface area contributed by atoms with Crippen LogP contribution < -0.4 is 5.32 Å². The molecule has 2 aromatic carbocycles. The lowest BCUT2D eigenvalue weighted by Gasteiger charge is -2.19. The second-order valence-corrected chi connectivity index (χ2v) is 6.22. The standard InChI is InChI=1S/C21H19NO6/c1-3-27-11-18(23)28-12(2)21(26)22-13-8-9-16-17(10-13)20(25)15-7-5-4-6-14(15)19(16)24/h4-10,12H,3,11H2,1-2H3,(H,22,26)/t12-/m1/s1. The van der Waals surface area contributed by atoms with Crippen LogP contribution in [0.1, 0.15) is 45.7 Å². The van der Waals surface area contributed by atoms with Crippen molar-refractivity contribution >= 4 is 29.1 Å². The Hall–Kier alpha value is -3.32. The van der Waals surface area contributed by atoms with E-state index in [0.29, 0.717) is 23.4 Å². The summed E-state index contributed by atoms with van der Waals surface area (Å²) in [6, 6.07) is 11.1. The molecule has 0 aliphatic heterocycles. The molecule has 1 amide bonds. The van der Waals surface area contributed by atoms with Crippen molar-refractivity contribution in [2.45, 2.75) is 20.0 Å². The zero-order valence-electron chi connectivity index (χ0n) is 15.5. The molecule has 1 N–H and O–H groups in total. The smallest absolute Gasteiger partial charge is 0.332 e. The van der Waals surface area contributed by atoms with Gasteiger partial charge in [0, 0.05) is 34.5 Å². The summed E-state index contributed by atoms with van der Waals surface area (Å²) in [6.07, 6.45) is -1.04. The second-order valence-electron chi connectivity index (χ2n) is 6.22. The first-order chi connectivity index (χ1) is 13.4. The maximum atomic E-state index is 12.7. The fourth-order valence-electron chi connectivity index (χ4n) is 2.89. The van der Waals surface area contributed by atoms with Crippen molar-refractivity contribution in [3.63, 3.8) is 0 Å². The number of fused-ring (bicyclic) bond motifs is 2. The van der Waals surface area contributed by atoms with Crippen LogP contribution >= 0.6 is 0 Å². The zero-order chi connectivity index (χ0) is 20.3. The second kappa shape index (κ2) is 8.14. The van der Waals surface area contributed by atoms with Crippen LogP contribution in [0.15, 0.2) is 42.5 Å². The van der Waals surface area contributed by atoms with Crippen LogP contribution in [-0.2, 0) is 19.1 Å². The minimum Gasteiger partial charge on any atom is -0.451 e. The van der Waals surface area contributed by atoms with Crippen LogP contribution in [0.25, 0.3) is 0 Å². The van der Waals surface area contributed by atoms with Gasteiger partial charge in [0.2, 0.25) is 0 Å². The van der Waals surface area contributed by atoms with E-state index >= 15 is 0 Å². The highest BCUT2D eigenvalue weighted by Crippen LogP contribution is 2.29. The molecule has 7 heteroatoms. The van der Waals surface area contributed by atoms with Gasteiger partial charge < -0.3 is 14.8 Å². The van der Waals surface area contributed by atoms with E-state index in [4.69, 9.17) is 9.47 Å². The Morgan fingerprint density at radius 2 is 1.57 bits per heavy atom. The molecule has 1 aliphatic carbocycles. The Balaban J connectivity index is 1.75. The molecule has 3 rings (SSSR count). The maximum Gasteiger partial charge on any atom is 0.332 e.